The highest BCUT2D eigenvalue weighted by Gasteiger charge is 2.24. The maximum atomic E-state index is 12.4. The molecule has 2 rings (SSSR count). The molecule has 0 heterocycles. The minimum Gasteiger partial charge on any atom is -0.449 e. The lowest BCUT2D eigenvalue weighted by Crippen LogP contribution is -2.48. The van der Waals surface area contributed by atoms with Gasteiger partial charge in [-0.2, -0.15) is 8.78 Å². The van der Waals surface area contributed by atoms with Gasteiger partial charge >= 0.3 is 18.6 Å². The van der Waals surface area contributed by atoms with Crippen molar-refractivity contribution < 1.29 is 32.6 Å². The molecule has 2 N–H and O–H groups in total. The van der Waals surface area contributed by atoms with Gasteiger partial charge in [-0.05, 0) is 31.9 Å². The molecule has 1 fully saturated rings. The van der Waals surface area contributed by atoms with Crippen LogP contribution in [0.15, 0.2) is 24.3 Å². The van der Waals surface area contributed by atoms with Crippen LogP contribution in [0.25, 0.3) is 0 Å². The summed E-state index contributed by atoms with van der Waals surface area (Å²) in [6, 6.07) is 4.64. The number of halogens is 2. The Labute approximate surface area is 155 Å². The third-order valence-electron chi connectivity index (χ3n) is 4.15. The summed E-state index contributed by atoms with van der Waals surface area (Å²) >= 11 is 0. The fourth-order valence-corrected chi connectivity index (χ4v) is 2.79. The lowest BCUT2D eigenvalue weighted by molar-refractivity contribution is -0.128. The van der Waals surface area contributed by atoms with Crippen LogP contribution in [0.5, 0.6) is 5.75 Å². The number of amides is 3. The van der Waals surface area contributed by atoms with Crippen LogP contribution in [0.2, 0.25) is 0 Å². The summed E-state index contributed by atoms with van der Waals surface area (Å²) in [4.78, 5) is 36.0. The molecular formula is C18H22F2N2O5. The number of esters is 1. The summed E-state index contributed by atoms with van der Waals surface area (Å²) in [5, 5.41) is 4.82. The fraction of sp³-hybridized carbons (Fsp3) is 0.500. The van der Waals surface area contributed by atoms with E-state index < -0.39 is 30.6 Å². The Balaban J connectivity index is 1.88. The number of carbonyl (C=O) groups excluding carboxylic acids is 3. The highest BCUT2D eigenvalue weighted by atomic mass is 19.3. The predicted molar refractivity (Wildman–Crippen MR) is 91.5 cm³/mol. The van der Waals surface area contributed by atoms with E-state index in [2.05, 4.69) is 15.4 Å². The minimum atomic E-state index is -3.11. The lowest BCUT2D eigenvalue weighted by atomic mass is 9.96. The van der Waals surface area contributed by atoms with Gasteiger partial charge in [0.25, 0.3) is 5.91 Å². The number of imide groups is 1. The van der Waals surface area contributed by atoms with Gasteiger partial charge in [0.2, 0.25) is 0 Å². The van der Waals surface area contributed by atoms with Gasteiger partial charge in [0.05, 0.1) is 0 Å². The Morgan fingerprint density at radius 1 is 1.11 bits per heavy atom. The van der Waals surface area contributed by atoms with E-state index in [1.165, 1.54) is 31.2 Å². The monoisotopic (exact) mass is 384 g/mol. The molecule has 1 saturated carbocycles. The summed E-state index contributed by atoms with van der Waals surface area (Å²) in [5.74, 6) is -2.19. The Morgan fingerprint density at radius 2 is 1.78 bits per heavy atom. The molecular weight excluding hydrogens is 362 g/mol. The van der Waals surface area contributed by atoms with E-state index in [-0.39, 0.29) is 17.4 Å². The van der Waals surface area contributed by atoms with Crippen LogP contribution in [-0.4, -0.2) is 36.7 Å². The summed E-state index contributed by atoms with van der Waals surface area (Å²) < 4.78 is 34.0. The number of carbonyl (C=O) groups is 3. The Kier molecular flexibility index (Phi) is 7.51. The zero-order valence-corrected chi connectivity index (χ0v) is 14.9. The molecule has 1 aromatic carbocycles. The molecule has 0 spiro atoms. The third-order valence-corrected chi connectivity index (χ3v) is 4.15. The molecule has 0 saturated heterocycles. The first-order chi connectivity index (χ1) is 12.9. The van der Waals surface area contributed by atoms with Crippen molar-refractivity contribution in [2.45, 2.75) is 57.8 Å². The summed E-state index contributed by atoms with van der Waals surface area (Å²) in [6.45, 7) is -1.83. The van der Waals surface area contributed by atoms with Crippen molar-refractivity contribution in [2.75, 3.05) is 0 Å². The van der Waals surface area contributed by atoms with Gasteiger partial charge < -0.3 is 14.8 Å². The van der Waals surface area contributed by atoms with Gasteiger partial charge in [-0.25, -0.2) is 9.59 Å². The standard InChI is InChI=1S/C18H22F2N2O5/c1-11(15(23)22-18(25)21-12-7-3-2-4-8-12)26-16(24)13-9-5-6-10-14(13)27-17(19)20/h5-6,9-12,17H,2-4,7-8H2,1H3,(H2,21,22,23,25)/t11-/m1/s1. The zero-order valence-electron chi connectivity index (χ0n) is 14.9. The van der Waals surface area contributed by atoms with Crippen molar-refractivity contribution in [3.8, 4) is 5.75 Å². The van der Waals surface area contributed by atoms with Gasteiger partial charge in [0.1, 0.15) is 11.3 Å². The summed E-state index contributed by atoms with van der Waals surface area (Å²) in [7, 11) is 0. The molecule has 0 unspecified atom stereocenters. The smallest absolute Gasteiger partial charge is 0.387 e. The second-order valence-electron chi connectivity index (χ2n) is 6.22. The third kappa shape index (κ3) is 6.50. The largest absolute Gasteiger partial charge is 0.449 e. The molecule has 1 aliphatic carbocycles. The van der Waals surface area contributed by atoms with Gasteiger partial charge in [0.15, 0.2) is 6.10 Å². The average Bonchev–Trinajstić information content (AvgIpc) is 2.62. The van der Waals surface area contributed by atoms with Gasteiger partial charge in [-0.1, -0.05) is 31.4 Å². The highest BCUT2D eigenvalue weighted by Crippen LogP contribution is 2.21. The molecule has 0 aliphatic heterocycles. The maximum absolute atomic E-state index is 12.4. The zero-order chi connectivity index (χ0) is 19.8. The van der Waals surface area contributed by atoms with E-state index in [4.69, 9.17) is 4.74 Å². The maximum Gasteiger partial charge on any atom is 0.387 e. The first-order valence-corrected chi connectivity index (χ1v) is 8.73. The number of hydrogen-bond acceptors (Lipinski definition) is 5. The second kappa shape index (κ2) is 9.84. The van der Waals surface area contributed by atoms with Crippen LogP contribution in [0.3, 0.4) is 0 Å². The van der Waals surface area contributed by atoms with Gasteiger partial charge in [-0.15, -0.1) is 0 Å². The van der Waals surface area contributed by atoms with Crippen molar-refractivity contribution in [3.63, 3.8) is 0 Å². The molecule has 9 heteroatoms. The average molecular weight is 384 g/mol. The van der Waals surface area contributed by atoms with Crippen LogP contribution in [0.1, 0.15) is 49.4 Å². The van der Waals surface area contributed by atoms with Crippen molar-refractivity contribution in [1.29, 1.82) is 0 Å². The van der Waals surface area contributed by atoms with Crippen LogP contribution in [-0.2, 0) is 9.53 Å². The number of hydrogen-bond donors (Lipinski definition) is 2. The second-order valence-corrected chi connectivity index (χ2v) is 6.22. The molecule has 1 aliphatic rings. The molecule has 27 heavy (non-hydrogen) atoms. The van der Waals surface area contributed by atoms with E-state index in [1.54, 1.807) is 0 Å². The first-order valence-electron chi connectivity index (χ1n) is 8.73. The lowest BCUT2D eigenvalue weighted by Gasteiger charge is -2.23. The van der Waals surface area contributed by atoms with E-state index in [0.717, 1.165) is 32.1 Å². The minimum absolute atomic E-state index is 0.0165. The van der Waals surface area contributed by atoms with E-state index in [9.17, 15) is 23.2 Å². The van der Waals surface area contributed by atoms with Crippen LogP contribution in [0, 0.1) is 0 Å². The number of para-hydroxylation sites is 1. The van der Waals surface area contributed by atoms with Gasteiger partial charge in [-0.3, -0.25) is 10.1 Å². The molecule has 148 valence electrons. The van der Waals surface area contributed by atoms with Crippen molar-refractivity contribution in [1.82, 2.24) is 10.6 Å². The molecule has 1 atom stereocenters. The normalized spacial score (nSPS) is 15.7. The molecule has 0 bridgehead atoms. The van der Waals surface area contributed by atoms with Crippen molar-refractivity contribution in [2.24, 2.45) is 0 Å². The van der Waals surface area contributed by atoms with Gasteiger partial charge in [0, 0.05) is 6.04 Å². The molecule has 3 amide bonds. The van der Waals surface area contributed by atoms with E-state index in [1.807, 2.05) is 0 Å². The number of nitrogens with one attached hydrogen (secondary N) is 2. The number of ether oxygens (including phenoxy) is 2. The quantitative estimate of drug-likeness (QED) is 0.736. The van der Waals surface area contributed by atoms with Crippen molar-refractivity contribution >= 4 is 17.9 Å². The van der Waals surface area contributed by atoms with Crippen LogP contribution >= 0.6 is 0 Å². The van der Waals surface area contributed by atoms with Crippen LogP contribution in [0.4, 0.5) is 13.6 Å². The predicted octanol–water partition coefficient (Wildman–Crippen LogP) is 2.99. The fourth-order valence-electron chi connectivity index (χ4n) is 2.79. The SMILES string of the molecule is C[C@@H](OC(=O)c1ccccc1OC(F)F)C(=O)NC(=O)NC1CCCCC1. The molecule has 0 radical (unpaired) electrons. The summed E-state index contributed by atoms with van der Waals surface area (Å²) in [5.41, 5.74) is -0.246. The molecule has 0 aromatic heterocycles. The summed E-state index contributed by atoms with van der Waals surface area (Å²) in [6.07, 6.45) is 3.58. The number of benzene rings is 1. The number of urea groups is 1. The first kappa shape index (κ1) is 20.6. The van der Waals surface area contributed by atoms with Crippen molar-refractivity contribution in [3.05, 3.63) is 29.8 Å². The molecule has 7 nitrogen and oxygen atoms in total. The molecule has 1 aromatic rings. The van der Waals surface area contributed by atoms with E-state index >= 15 is 0 Å². The van der Waals surface area contributed by atoms with E-state index in [0.29, 0.717) is 0 Å². The number of rotatable bonds is 6. The Morgan fingerprint density at radius 3 is 2.44 bits per heavy atom. The number of alkyl halides is 2. The Bertz CT molecular complexity index is 677. The topological polar surface area (TPSA) is 93.7 Å². The van der Waals surface area contributed by atoms with Crippen LogP contribution < -0.4 is 15.4 Å². The Hall–Kier alpha value is -2.71. The highest BCUT2D eigenvalue weighted by molar-refractivity contribution is 5.99.